The van der Waals surface area contributed by atoms with Gasteiger partial charge in [0.05, 0.1) is 16.8 Å². The van der Waals surface area contributed by atoms with Crippen LogP contribution < -0.4 is 4.90 Å². The standard InChI is InChI=1S/C52H31NO3/c1-2-14-35(15-3-1)53(44-22-8-13-32-12-4-5-16-36(32)44)45-23-11-25-47-50(45)43-29-27-34(31-49(43)54-47)38-19-10-21-42-40-28-26-33(30-48(40)56-52(38)42)37-18-9-20-41-39-17-6-7-24-46(39)55-51(37)41/h1-31H. The molecule has 0 aliphatic carbocycles. The lowest BCUT2D eigenvalue weighted by molar-refractivity contribution is 0.668. The fourth-order valence-electron chi connectivity index (χ4n) is 8.72. The fraction of sp³-hybridized carbons (Fsp3) is 0. The summed E-state index contributed by atoms with van der Waals surface area (Å²) in [5.41, 5.74) is 12.5. The Kier molecular flexibility index (Phi) is 6.60. The maximum absolute atomic E-state index is 6.76. The van der Waals surface area contributed by atoms with Crippen molar-refractivity contribution in [3.05, 3.63) is 188 Å². The molecule has 56 heavy (non-hydrogen) atoms. The Morgan fingerprint density at radius 1 is 0.321 bits per heavy atom. The van der Waals surface area contributed by atoms with Gasteiger partial charge in [-0.05, 0) is 77.2 Å². The second-order valence-corrected chi connectivity index (χ2v) is 14.4. The van der Waals surface area contributed by atoms with Crippen LogP contribution in [0.3, 0.4) is 0 Å². The van der Waals surface area contributed by atoms with E-state index in [1.165, 1.54) is 10.8 Å². The van der Waals surface area contributed by atoms with Gasteiger partial charge in [-0.15, -0.1) is 0 Å². The molecule has 0 saturated heterocycles. The molecule has 4 heteroatoms. The molecule has 0 bridgehead atoms. The Balaban J connectivity index is 0.999. The van der Waals surface area contributed by atoms with Gasteiger partial charge in [-0.25, -0.2) is 0 Å². The van der Waals surface area contributed by atoms with Crippen molar-refractivity contribution in [2.24, 2.45) is 0 Å². The molecule has 0 unspecified atom stereocenters. The van der Waals surface area contributed by atoms with Crippen molar-refractivity contribution in [3.63, 3.8) is 0 Å². The van der Waals surface area contributed by atoms with Gasteiger partial charge in [-0.1, -0.05) is 127 Å². The van der Waals surface area contributed by atoms with Gasteiger partial charge in [0.25, 0.3) is 0 Å². The van der Waals surface area contributed by atoms with Crippen LogP contribution in [0, 0.1) is 0 Å². The summed E-state index contributed by atoms with van der Waals surface area (Å²) in [6.45, 7) is 0. The molecule has 3 aromatic heterocycles. The largest absolute Gasteiger partial charge is 0.456 e. The summed E-state index contributed by atoms with van der Waals surface area (Å²) in [5.74, 6) is 0. The van der Waals surface area contributed by atoms with Crippen LogP contribution in [-0.2, 0) is 0 Å². The highest BCUT2D eigenvalue weighted by molar-refractivity contribution is 6.17. The average Bonchev–Trinajstić information content (AvgIpc) is 3.95. The van der Waals surface area contributed by atoms with E-state index in [0.717, 1.165) is 105 Å². The van der Waals surface area contributed by atoms with E-state index in [1.54, 1.807) is 0 Å². The molecule has 3 heterocycles. The smallest absolute Gasteiger partial charge is 0.143 e. The molecule has 0 aliphatic heterocycles. The Bertz CT molecular complexity index is 3490. The van der Waals surface area contributed by atoms with Crippen LogP contribution in [0.5, 0.6) is 0 Å². The van der Waals surface area contributed by atoms with Crippen LogP contribution >= 0.6 is 0 Å². The van der Waals surface area contributed by atoms with Crippen molar-refractivity contribution in [1.29, 1.82) is 0 Å². The number of fused-ring (bicyclic) bond motifs is 10. The zero-order valence-electron chi connectivity index (χ0n) is 30.1. The Morgan fingerprint density at radius 2 is 0.857 bits per heavy atom. The highest BCUT2D eigenvalue weighted by atomic mass is 16.3. The third-order valence-electron chi connectivity index (χ3n) is 11.3. The molecular formula is C52H31NO3. The van der Waals surface area contributed by atoms with Crippen molar-refractivity contribution in [2.75, 3.05) is 4.90 Å². The van der Waals surface area contributed by atoms with Crippen molar-refractivity contribution >= 4 is 93.7 Å². The van der Waals surface area contributed by atoms with Gasteiger partial charge < -0.3 is 18.2 Å². The quantitative estimate of drug-likeness (QED) is 0.178. The molecule has 4 nitrogen and oxygen atoms in total. The lowest BCUT2D eigenvalue weighted by Gasteiger charge is -2.27. The maximum atomic E-state index is 6.76. The minimum absolute atomic E-state index is 0.824. The summed E-state index contributed by atoms with van der Waals surface area (Å²) in [7, 11) is 0. The summed E-state index contributed by atoms with van der Waals surface area (Å²) in [5, 5.41) is 8.89. The number of benzene rings is 9. The second-order valence-electron chi connectivity index (χ2n) is 14.4. The van der Waals surface area contributed by atoms with Crippen molar-refractivity contribution < 1.29 is 13.3 Å². The summed E-state index contributed by atoms with van der Waals surface area (Å²) in [6, 6.07) is 65.9. The molecule has 0 aliphatic rings. The van der Waals surface area contributed by atoms with Crippen LogP contribution in [0.2, 0.25) is 0 Å². The predicted molar refractivity (Wildman–Crippen MR) is 231 cm³/mol. The minimum Gasteiger partial charge on any atom is -0.456 e. The highest BCUT2D eigenvalue weighted by Gasteiger charge is 2.22. The molecule has 0 atom stereocenters. The molecule has 12 rings (SSSR count). The van der Waals surface area contributed by atoms with Gasteiger partial charge in [0.2, 0.25) is 0 Å². The van der Waals surface area contributed by atoms with E-state index in [0.29, 0.717) is 0 Å². The second kappa shape index (κ2) is 12.0. The lowest BCUT2D eigenvalue weighted by atomic mass is 9.99. The summed E-state index contributed by atoms with van der Waals surface area (Å²) in [6.07, 6.45) is 0. The first kappa shape index (κ1) is 30.9. The van der Waals surface area contributed by atoms with Gasteiger partial charge >= 0.3 is 0 Å². The van der Waals surface area contributed by atoms with E-state index in [4.69, 9.17) is 13.3 Å². The lowest BCUT2D eigenvalue weighted by Crippen LogP contribution is -2.10. The topological polar surface area (TPSA) is 42.7 Å². The van der Waals surface area contributed by atoms with Gasteiger partial charge in [0.1, 0.15) is 33.5 Å². The fourth-order valence-corrected chi connectivity index (χ4v) is 8.72. The molecule has 262 valence electrons. The number of hydrogen-bond donors (Lipinski definition) is 0. The average molecular weight is 718 g/mol. The first-order chi connectivity index (χ1) is 27.8. The number of nitrogens with zero attached hydrogens (tertiary/aromatic N) is 1. The zero-order valence-corrected chi connectivity index (χ0v) is 30.1. The van der Waals surface area contributed by atoms with Crippen LogP contribution in [0.15, 0.2) is 201 Å². The zero-order chi connectivity index (χ0) is 36.7. The third-order valence-corrected chi connectivity index (χ3v) is 11.3. The number of para-hydroxylation sites is 4. The monoisotopic (exact) mass is 717 g/mol. The van der Waals surface area contributed by atoms with Crippen LogP contribution in [0.4, 0.5) is 17.1 Å². The number of furan rings is 3. The van der Waals surface area contributed by atoms with E-state index in [-0.39, 0.29) is 0 Å². The van der Waals surface area contributed by atoms with E-state index in [9.17, 15) is 0 Å². The normalized spacial score (nSPS) is 11.9. The van der Waals surface area contributed by atoms with Gasteiger partial charge in [0, 0.05) is 49.1 Å². The van der Waals surface area contributed by atoms with E-state index < -0.39 is 0 Å². The molecule has 0 spiro atoms. The molecule has 12 aromatic rings. The first-order valence-electron chi connectivity index (χ1n) is 18.9. The molecule has 0 amide bonds. The van der Waals surface area contributed by atoms with Gasteiger partial charge in [0.15, 0.2) is 0 Å². The van der Waals surface area contributed by atoms with E-state index in [1.807, 2.05) is 12.1 Å². The predicted octanol–water partition coefficient (Wildman–Crippen LogP) is 15.3. The van der Waals surface area contributed by atoms with Crippen molar-refractivity contribution in [1.82, 2.24) is 0 Å². The molecular weight excluding hydrogens is 687 g/mol. The summed E-state index contributed by atoms with van der Waals surface area (Å²) >= 11 is 0. The Hall–Kier alpha value is -7.56. The van der Waals surface area contributed by atoms with Gasteiger partial charge in [-0.2, -0.15) is 0 Å². The molecule has 0 radical (unpaired) electrons. The molecule has 0 N–H and O–H groups in total. The molecule has 9 aromatic carbocycles. The molecule has 0 saturated carbocycles. The first-order valence-corrected chi connectivity index (χ1v) is 18.9. The summed E-state index contributed by atoms with van der Waals surface area (Å²) in [4.78, 5) is 2.35. The van der Waals surface area contributed by atoms with Crippen LogP contribution in [-0.4, -0.2) is 0 Å². The van der Waals surface area contributed by atoms with Crippen LogP contribution in [0.25, 0.3) is 98.8 Å². The van der Waals surface area contributed by atoms with Crippen molar-refractivity contribution in [2.45, 2.75) is 0 Å². The molecule has 0 fully saturated rings. The van der Waals surface area contributed by atoms with E-state index >= 15 is 0 Å². The Labute approximate surface area is 321 Å². The highest BCUT2D eigenvalue weighted by Crippen LogP contribution is 2.46. The van der Waals surface area contributed by atoms with E-state index in [2.05, 4.69) is 181 Å². The maximum Gasteiger partial charge on any atom is 0.143 e. The minimum atomic E-state index is 0.824. The summed E-state index contributed by atoms with van der Waals surface area (Å²) < 4.78 is 19.8. The number of hydrogen-bond acceptors (Lipinski definition) is 4. The number of anilines is 3. The SMILES string of the molecule is c1ccc(N(c2cccc3ccccc23)c2cccc3oc4cc(-c5cccc6c5oc5cc(-c7cccc8c7oc7ccccc78)ccc56)ccc4c23)cc1. The number of rotatable bonds is 5. The third kappa shape index (κ3) is 4.60. The van der Waals surface area contributed by atoms with Crippen LogP contribution in [0.1, 0.15) is 0 Å². The van der Waals surface area contributed by atoms with Crippen molar-refractivity contribution in [3.8, 4) is 22.3 Å². The Morgan fingerprint density at radius 3 is 1.64 bits per heavy atom. The van der Waals surface area contributed by atoms with Gasteiger partial charge in [-0.3, -0.25) is 0 Å².